The number of hydrogen-bond acceptors (Lipinski definition) is 4. The van der Waals surface area contributed by atoms with Crippen LogP contribution in [0.5, 0.6) is 0 Å². The first-order valence-electron chi connectivity index (χ1n) is 13.6. The number of anilines is 1. The van der Waals surface area contributed by atoms with Crippen LogP contribution in [0.2, 0.25) is 0 Å². The zero-order valence-corrected chi connectivity index (χ0v) is 22.1. The molecule has 0 aliphatic carbocycles. The Morgan fingerprint density at radius 3 is 1.53 bits per heavy atom. The van der Waals surface area contributed by atoms with E-state index < -0.39 is 5.97 Å². The van der Waals surface area contributed by atoms with Gasteiger partial charge in [-0.1, -0.05) is 84.0 Å². The van der Waals surface area contributed by atoms with Crippen LogP contribution in [0.4, 0.5) is 17.1 Å². The Morgan fingerprint density at radius 2 is 1.08 bits per heavy atom. The number of azo groups is 1. The van der Waals surface area contributed by atoms with E-state index >= 15 is 0 Å². The van der Waals surface area contributed by atoms with Gasteiger partial charge in [0.15, 0.2) is 0 Å². The fourth-order valence-corrected chi connectivity index (χ4v) is 4.13. The van der Waals surface area contributed by atoms with Gasteiger partial charge < -0.3 is 10.0 Å². The Hall–Kier alpha value is -3.02. The van der Waals surface area contributed by atoms with Gasteiger partial charge in [-0.05, 0) is 55.0 Å². The molecule has 0 aliphatic rings. The molecule has 6 heteroatoms. The number of unbranched alkanes of at least 4 members (excludes halogenated alkanes) is 12. The SMILES string of the molecule is CCCCCCCCCCCCCCCC(=O)N(C)c1ccc(N=Nc2ccc(C(=O)O)cc2)cc1. The lowest BCUT2D eigenvalue weighted by Gasteiger charge is -2.17. The summed E-state index contributed by atoms with van der Waals surface area (Å²) in [5.74, 6) is -0.840. The van der Waals surface area contributed by atoms with E-state index in [1.165, 1.54) is 82.8 Å². The summed E-state index contributed by atoms with van der Waals surface area (Å²) in [6, 6.07) is 13.6. The lowest BCUT2D eigenvalue weighted by Crippen LogP contribution is -2.25. The fourth-order valence-electron chi connectivity index (χ4n) is 4.13. The molecule has 0 fully saturated rings. The van der Waals surface area contributed by atoms with Crippen LogP contribution < -0.4 is 4.90 Å². The zero-order valence-electron chi connectivity index (χ0n) is 22.1. The summed E-state index contributed by atoms with van der Waals surface area (Å²) in [5.41, 5.74) is 2.29. The maximum Gasteiger partial charge on any atom is 0.335 e. The number of rotatable bonds is 18. The predicted molar refractivity (Wildman–Crippen MR) is 148 cm³/mol. The van der Waals surface area contributed by atoms with Gasteiger partial charge in [-0.2, -0.15) is 10.2 Å². The lowest BCUT2D eigenvalue weighted by molar-refractivity contribution is -0.118. The number of amides is 1. The molecule has 0 aromatic heterocycles. The summed E-state index contributed by atoms with van der Waals surface area (Å²) in [7, 11) is 1.81. The third-order valence-corrected chi connectivity index (χ3v) is 6.50. The third-order valence-electron chi connectivity index (χ3n) is 6.50. The molecule has 0 saturated carbocycles. The van der Waals surface area contributed by atoms with Crippen molar-refractivity contribution in [3.05, 3.63) is 54.1 Å². The monoisotopic (exact) mass is 493 g/mol. The molecule has 6 nitrogen and oxygen atoms in total. The summed E-state index contributed by atoms with van der Waals surface area (Å²) in [6.45, 7) is 2.26. The Labute approximate surface area is 216 Å². The van der Waals surface area contributed by atoms with E-state index in [-0.39, 0.29) is 11.5 Å². The van der Waals surface area contributed by atoms with Crippen LogP contribution in [0.1, 0.15) is 107 Å². The molecule has 2 rings (SSSR count). The summed E-state index contributed by atoms with van der Waals surface area (Å²) in [5, 5.41) is 17.3. The lowest BCUT2D eigenvalue weighted by atomic mass is 10.0. The van der Waals surface area contributed by atoms with E-state index in [1.807, 2.05) is 31.3 Å². The molecular formula is C30H43N3O3. The van der Waals surface area contributed by atoms with Crippen molar-refractivity contribution in [2.24, 2.45) is 10.2 Å². The number of carbonyl (C=O) groups is 2. The van der Waals surface area contributed by atoms with Crippen molar-refractivity contribution < 1.29 is 14.7 Å². The van der Waals surface area contributed by atoms with Crippen molar-refractivity contribution in [2.75, 3.05) is 11.9 Å². The van der Waals surface area contributed by atoms with Gasteiger partial charge in [0.05, 0.1) is 16.9 Å². The van der Waals surface area contributed by atoms with Gasteiger partial charge in [0.1, 0.15) is 0 Å². The Balaban J connectivity index is 1.59. The molecule has 0 atom stereocenters. The normalized spacial score (nSPS) is 11.2. The van der Waals surface area contributed by atoms with E-state index in [9.17, 15) is 9.59 Å². The summed E-state index contributed by atoms with van der Waals surface area (Å²) in [4.78, 5) is 25.2. The molecule has 1 N–H and O–H groups in total. The first kappa shape index (κ1) is 29.2. The quantitative estimate of drug-likeness (QED) is 0.166. The van der Waals surface area contributed by atoms with Gasteiger partial charge in [-0.3, -0.25) is 4.79 Å². The van der Waals surface area contributed by atoms with Crippen LogP contribution in [-0.2, 0) is 4.79 Å². The average molecular weight is 494 g/mol. The zero-order chi connectivity index (χ0) is 26.0. The maximum atomic E-state index is 12.6. The van der Waals surface area contributed by atoms with Crippen molar-refractivity contribution in [3.63, 3.8) is 0 Å². The topological polar surface area (TPSA) is 82.3 Å². The number of hydrogen-bond donors (Lipinski definition) is 1. The molecule has 0 radical (unpaired) electrons. The molecule has 36 heavy (non-hydrogen) atoms. The highest BCUT2D eigenvalue weighted by Gasteiger charge is 2.10. The van der Waals surface area contributed by atoms with Crippen LogP contribution in [0.25, 0.3) is 0 Å². The predicted octanol–water partition coefficient (Wildman–Crippen LogP) is 9.24. The molecule has 2 aromatic rings. The van der Waals surface area contributed by atoms with Crippen molar-refractivity contribution in [2.45, 2.75) is 96.8 Å². The number of aromatic carboxylic acids is 1. The smallest absolute Gasteiger partial charge is 0.335 e. The fraction of sp³-hybridized carbons (Fsp3) is 0.533. The van der Waals surface area contributed by atoms with E-state index in [0.717, 1.165) is 18.5 Å². The number of carbonyl (C=O) groups excluding carboxylic acids is 1. The minimum Gasteiger partial charge on any atom is -0.478 e. The van der Waals surface area contributed by atoms with Gasteiger partial charge in [-0.25, -0.2) is 4.79 Å². The third kappa shape index (κ3) is 11.6. The number of carboxylic acid groups (broad SMARTS) is 1. The second-order valence-electron chi connectivity index (χ2n) is 9.51. The minimum atomic E-state index is -0.971. The highest BCUT2D eigenvalue weighted by atomic mass is 16.4. The van der Waals surface area contributed by atoms with Crippen LogP contribution in [-0.4, -0.2) is 24.0 Å². The second-order valence-corrected chi connectivity index (χ2v) is 9.51. The number of carboxylic acids is 1. The van der Waals surface area contributed by atoms with Crippen molar-refractivity contribution in [1.82, 2.24) is 0 Å². The van der Waals surface area contributed by atoms with E-state index in [2.05, 4.69) is 17.2 Å². The molecule has 0 bridgehead atoms. The first-order chi connectivity index (χ1) is 17.5. The van der Waals surface area contributed by atoms with Gasteiger partial charge in [0.25, 0.3) is 0 Å². The number of nitrogens with zero attached hydrogens (tertiary/aromatic N) is 3. The van der Waals surface area contributed by atoms with Crippen LogP contribution in [0.15, 0.2) is 58.8 Å². The summed E-state index contributed by atoms with van der Waals surface area (Å²) < 4.78 is 0. The molecule has 0 heterocycles. The average Bonchev–Trinajstić information content (AvgIpc) is 2.90. The molecule has 0 saturated heterocycles. The van der Waals surface area contributed by atoms with E-state index in [0.29, 0.717) is 17.8 Å². The molecule has 196 valence electrons. The Kier molecular flexibility index (Phi) is 14.1. The van der Waals surface area contributed by atoms with Gasteiger partial charge in [0.2, 0.25) is 5.91 Å². The molecule has 0 aliphatic heterocycles. The van der Waals surface area contributed by atoms with Crippen molar-refractivity contribution >= 4 is 28.9 Å². The van der Waals surface area contributed by atoms with Crippen LogP contribution in [0.3, 0.4) is 0 Å². The summed E-state index contributed by atoms with van der Waals surface area (Å²) in [6.07, 6.45) is 17.4. The number of benzene rings is 2. The van der Waals surface area contributed by atoms with Gasteiger partial charge >= 0.3 is 5.97 Å². The van der Waals surface area contributed by atoms with E-state index in [1.54, 1.807) is 17.0 Å². The molecule has 0 unspecified atom stereocenters. The molecule has 1 amide bonds. The second kappa shape index (κ2) is 17.4. The Bertz CT molecular complexity index is 923. The first-order valence-corrected chi connectivity index (χ1v) is 13.6. The Morgan fingerprint density at radius 1 is 0.667 bits per heavy atom. The highest BCUT2D eigenvalue weighted by Crippen LogP contribution is 2.23. The van der Waals surface area contributed by atoms with Crippen LogP contribution >= 0.6 is 0 Å². The van der Waals surface area contributed by atoms with Gasteiger partial charge in [-0.15, -0.1) is 0 Å². The largest absolute Gasteiger partial charge is 0.478 e. The highest BCUT2D eigenvalue weighted by molar-refractivity contribution is 5.92. The standard InChI is InChI=1S/C30H43N3O3/c1-3-4-5-6-7-8-9-10-11-12-13-14-15-16-29(34)33(2)28-23-21-27(22-24-28)32-31-26-19-17-25(18-20-26)30(35)36/h17-24H,3-16H2,1-2H3,(H,35,36). The molecule has 0 spiro atoms. The molecular weight excluding hydrogens is 450 g/mol. The van der Waals surface area contributed by atoms with Crippen molar-refractivity contribution in [1.29, 1.82) is 0 Å². The molecule has 2 aromatic carbocycles. The van der Waals surface area contributed by atoms with Crippen LogP contribution in [0, 0.1) is 0 Å². The minimum absolute atomic E-state index is 0.131. The summed E-state index contributed by atoms with van der Waals surface area (Å²) >= 11 is 0. The maximum absolute atomic E-state index is 12.6. The van der Waals surface area contributed by atoms with Gasteiger partial charge in [0, 0.05) is 19.2 Å². The van der Waals surface area contributed by atoms with E-state index in [4.69, 9.17) is 5.11 Å². The van der Waals surface area contributed by atoms with Crippen molar-refractivity contribution in [3.8, 4) is 0 Å².